The van der Waals surface area contributed by atoms with E-state index in [1.807, 2.05) is 47.8 Å². The second kappa shape index (κ2) is 6.16. The number of benzene rings is 1. The number of carbonyl (C=O) groups excluding carboxylic acids is 1. The van der Waals surface area contributed by atoms with E-state index in [-0.39, 0.29) is 11.7 Å². The van der Waals surface area contributed by atoms with E-state index in [1.165, 1.54) is 0 Å². The third-order valence-electron chi connectivity index (χ3n) is 4.28. The summed E-state index contributed by atoms with van der Waals surface area (Å²) in [5, 5.41) is 7.81. The Morgan fingerprint density at radius 1 is 1.28 bits per heavy atom. The van der Waals surface area contributed by atoms with E-state index in [9.17, 15) is 4.79 Å². The molecule has 3 aromatic rings. The minimum atomic E-state index is 0.232. The first-order chi connectivity index (χ1) is 12.1. The van der Waals surface area contributed by atoms with Crippen LogP contribution in [0.4, 0.5) is 5.69 Å². The molecule has 126 valence electrons. The van der Waals surface area contributed by atoms with Crippen LogP contribution in [0.25, 0.3) is 16.9 Å². The lowest BCUT2D eigenvalue weighted by molar-refractivity contribution is -0.119. The monoisotopic (exact) mass is 332 g/mol. The number of anilines is 1. The lowest BCUT2D eigenvalue weighted by atomic mass is 10.1. The van der Waals surface area contributed by atoms with Crippen LogP contribution in [0.2, 0.25) is 0 Å². The maximum atomic E-state index is 12.0. The summed E-state index contributed by atoms with van der Waals surface area (Å²) < 4.78 is 1.81. The summed E-state index contributed by atoms with van der Waals surface area (Å²) in [6.45, 7) is 5.81. The van der Waals surface area contributed by atoms with Crippen LogP contribution >= 0.6 is 0 Å². The topological polar surface area (TPSA) is 59.3 Å². The summed E-state index contributed by atoms with van der Waals surface area (Å²) in [5.41, 5.74) is 4.60. The van der Waals surface area contributed by atoms with Gasteiger partial charge in [-0.05, 0) is 44.0 Å². The molecule has 1 N–H and O–H groups in total. The van der Waals surface area contributed by atoms with Crippen molar-refractivity contribution in [1.29, 1.82) is 0 Å². The van der Waals surface area contributed by atoms with Gasteiger partial charge in [0.2, 0.25) is 0 Å². The molecule has 0 spiro atoms. The quantitative estimate of drug-likeness (QED) is 0.744. The number of nitrogens with one attached hydrogen (secondary N) is 1. The molecule has 2 heterocycles. The first-order valence-corrected chi connectivity index (χ1v) is 8.50. The Morgan fingerprint density at radius 2 is 2.08 bits per heavy atom. The summed E-state index contributed by atoms with van der Waals surface area (Å²) in [7, 11) is 0. The predicted octanol–water partition coefficient (Wildman–Crippen LogP) is 3.86. The van der Waals surface area contributed by atoms with Gasteiger partial charge in [-0.25, -0.2) is 9.50 Å². The minimum absolute atomic E-state index is 0.232. The van der Waals surface area contributed by atoms with Crippen molar-refractivity contribution in [2.45, 2.75) is 26.2 Å². The number of nitrogens with zero attached hydrogens (tertiary/aromatic N) is 3. The van der Waals surface area contributed by atoms with Gasteiger partial charge in [0.25, 0.3) is 0 Å². The molecule has 4 rings (SSSR count). The molecule has 5 heteroatoms. The minimum Gasteiger partial charge on any atom is -0.360 e. The van der Waals surface area contributed by atoms with Crippen LogP contribution in [-0.4, -0.2) is 20.4 Å². The molecule has 0 saturated heterocycles. The fourth-order valence-corrected chi connectivity index (χ4v) is 2.95. The fraction of sp³-hybridized carbons (Fsp3) is 0.250. The first kappa shape index (κ1) is 15.6. The van der Waals surface area contributed by atoms with Gasteiger partial charge < -0.3 is 5.32 Å². The van der Waals surface area contributed by atoms with Crippen LogP contribution in [0, 0.1) is 5.92 Å². The average molecular weight is 332 g/mol. The summed E-state index contributed by atoms with van der Waals surface area (Å²) in [5.74, 6) is 1.08. The molecule has 0 bridgehead atoms. The van der Waals surface area contributed by atoms with E-state index in [4.69, 9.17) is 0 Å². The van der Waals surface area contributed by atoms with Gasteiger partial charge in [-0.15, -0.1) is 0 Å². The molecular weight excluding hydrogens is 312 g/mol. The number of ketones is 1. The standard InChI is InChI=1S/C20H20N4O/c1-13(2)21-16-6-3-5-15(11-16)17-7-4-8-20-22-19(23-24(17)20)12-18(25)14-9-10-14/h3-8,11,14,21H,1,9-10,12H2,2H3. The zero-order valence-corrected chi connectivity index (χ0v) is 14.2. The summed E-state index contributed by atoms with van der Waals surface area (Å²) in [4.78, 5) is 16.6. The van der Waals surface area contributed by atoms with Crippen LogP contribution in [0.1, 0.15) is 25.6 Å². The van der Waals surface area contributed by atoms with Crippen LogP contribution in [0.5, 0.6) is 0 Å². The van der Waals surface area contributed by atoms with Crippen molar-refractivity contribution in [3.63, 3.8) is 0 Å². The Morgan fingerprint density at radius 3 is 2.84 bits per heavy atom. The SMILES string of the molecule is C=C(C)Nc1cccc(-c2cccc3nc(CC(=O)C4CC4)nn23)c1. The molecule has 0 unspecified atom stereocenters. The smallest absolute Gasteiger partial charge is 0.159 e. The molecule has 0 atom stereocenters. The molecule has 1 saturated carbocycles. The summed E-state index contributed by atoms with van der Waals surface area (Å²) in [6.07, 6.45) is 2.35. The van der Waals surface area contributed by atoms with E-state index < -0.39 is 0 Å². The van der Waals surface area contributed by atoms with Gasteiger partial charge in [0.05, 0.1) is 12.1 Å². The highest BCUT2D eigenvalue weighted by atomic mass is 16.1. The number of hydrogen-bond acceptors (Lipinski definition) is 4. The van der Waals surface area contributed by atoms with Gasteiger partial charge in [0, 0.05) is 22.9 Å². The van der Waals surface area contributed by atoms with Crippen molar-refractivity contribution in [2.75, 3.05) is 5.32 Å². The average Bonchev–Trinajstić information content (AvgIpc) is 3.34. The van der Waals surface area contributed by atoms with Gasteiger partial charge in [-0.1, -0.05) is 24.8 Å². The lowest BCUT2D eigenvalue weighted by Crippen LogP contribution is -2.06. The van der Waals surface area contributed by atoms with Crippen molar-refractivity contribution in [3.05, 3.63) is 60.6 Å². The van der Waals surface area contributed by atoms with Crippen molar-refractivity contribution in [1.82, 2.24) is 14.6 Å². The van der Waals surface area contributed by atoms with Crippen molar-refractivity contribution in [3.8, 4) is 11.3 Å². The molecule has 1 aliphatic carbocycles. The fourth-order valence-electron chi connectivity index (χ4n) is 2.95. The number of rotatable bonds is 6. The molecular formula is C20H20N4O. The van der Waals surface area contributed by atoms with Gasteiger partial charge in [0.15, 0.2) is 11.5 Å². The zero-order chi connectivity index (χ0) is 17.4. The van der Waals surface area contributed by atoms with Gasteiger partial charge in [0.1, 0.15) is 5.78 Å². The molecule has 0 amide bonds. The Balaban J connectivity index is 1.70. The highest BCUT2D eigenvalue weighted by Gasteiger charge is 2.30. The van der Waals surface area contributed by atoms with Crippen LogP contribution in [0.3, 0.4) is 0 Å². The second-order valence-electron chi connectivity index (χ2n) is 6.61. The van der Waals surface area contributed by atoms with Crippen LogP contribution in [-0.2, 0) is 11.2 Å². The number of hydrogen-bond donors (Lipinski definition) is 1. The predicted molar refractivity (Wildman–Crippen MR) is 98.3 cm³/mol. The number of aromatic nitrogens is 3. The van der Waals surface area contributed by atoms with Crippen LogP contribution in [0.15, 0.2) is 54.7 Å². The summed E-state index contributed by atoms with van der Waals surface area (Å²) in [6, 6.07) is 14.0. The Labute approximate surface area is 146 Å². The number of fused-ring (bicyclic) bond motifs is 1. The molecule has 0 aliphatic heterocycles. The normalized spacial score (nSPS) is 13.8. The number of Topliss-reactive ketones (excluding diaryl/α,β-unsaturated/α-hetero) is 1. The summed E-state index contributed by atoms with van der Waals surface area (Å²) >= 11 is 0. The lowest BCUT2D eigenvalue weighted by Gasteiger charge is -2.09. The van der Waals surface area contributed by atoms with Crippen molar-refractivity contribution >= 4 is 17.1 Å². The van der Waals surface area contributed by atoms with Gasteiger partial charge in [-0.3, -0.25) is 4.79 Å². The largest absolute Gasteiger partial charge is 0.360 e. The van der Waals surface area contributed by atoms with Gasteiger partial charge in [-0.2, -0.15) is 5.10 Å². The molecule has 1 aromatic carbocycles. The van der Waals surface area contributed by atoms with Crippen molar-refractivity contribution < 1.29 is 4.79 Å². The van der Waals surface area contributed by atoms with E-state index in [1.54, 1.807) is 0 Å². The number of allylic oxidation sites excluding steroid dienone is 1. The van der Waals surface area contributed by atoms with E-state index in [2.05, 4.69) is 28.0 Å². The Bertz CT molecular complexity index is 969. The van der Waals surface area contributed by atoms with Crippen molar-refractivity contribution in [2.24, 2.45) is 5.92 Å². The number of carbonyl (C=O) groups is 1. The van der Waals surface area contributed by atoms with E-state index >= 15 is 0 Å². The molecule has 5 nitrogen and oxygen atoms in total. The third kappa shape index (κ3) is 3.31. The second-order valence-corrected chi connectivity index (χ2v) is 6.61. The van der Waals surface area contributed by atoms with Crippen LogP contribution < -0.4 is 5.32 Å². The van der Waals surface area contributed by atoms with E-state index in [0.29, 0.717) is 12.2 Å². The van der Waals surface area contributed by atoms with E-state index in [0.717, 1.165) is 41.1 Å². The molecule has 25 heavy (non-hydrogen) atoms. The molecule has 1 fully saturated rings. The molecule has 2 aromatic heterocycles. The highest BCUT2D eigenvalue weighted by Crippen LogP contribution is 2.31. The first-order valence-electron chi connectivity index (χ1n) is 8.50. The highest BCUT2D eigenvalue weighted by molar-refractivity contribution is 5.84. The maximum absolute atomic E-state index is 12.0. The third-order valence-corrected chi connectivity index (χ3v) is 4.28. The molecule has 0 radical (unpaired) electrons. The molecule has 1 aliphatic rings. The Kier molecular flexibility index (Phi) is 3.84. The zero-order valence-electron chi connectivity index (χ0n) is 14.2. The number of pyridine rings is 1. The maximum Gasteiger partial charge on any atom is 0.159 e. The Hall–Kier alpha value is -2.95. The van der Waals surface area contributed by atoms with Gasteiger partial charge >= 0.3 is 0 Å².